The second-order valence-corrected chi connectivity index (χ2v) is 25.4. The van der Waals surface area contributed by atoms with Gasteiger partial charge in [-0.3, -0.25) is 0 Å². The molecule has 0 atom stereocenters. The van der Waals surface area contributed by atoms with Crippen molar-refractivity contribution in [1.29, 1.82) is 0 Å². The molecular formula is C90H56N4OS. The van der Waals surface area contributed by atoms with Crippen LogP contribution in [-0.2, 0) is 0 Å². The molecule has 5 nitrogen and oxygen atoms in total. The summed E-state index contributed by atoms with van der Waals surface area (Å²) in [6.45, 7) is 0. The van der Waals surface area contributed by atoms with Gasteiger partial charge in [0.25, 0.3) is 0 Å². The van der Waals surface area contributed by atoms with Crippen LogP contribution in [0.25, 0.3) is 186 Å². The van der Waals surface area contributed by atoms with Crippen LogP contribution >= 0.6 is 11.3 Å². The van der Waals surface area contributed by atoms with Gasteiger partial charge in [0.2, 0.25) is 0 Å². The van der Waals surface area contributed by atoms with Gasteiger partial charge in [0.1, 0.15) is 11.2 Å². The van der Waals surface area contributed by atoms with Crippen molar-refractivity contribution in [1.82, 2.24) is 19.9 Å². The Morgan fingerprint density at radius 2 is 0.625 bits per heavy atom. The van der Waals surface area contributed by atoms with Crippen LogP contribution in [-0.4, -0.2) is 19.9 Å². The summed E-state index contributed by atoms with van der Waals surface area (Å²) in [6, 6.07) is 120. The smallest absolute Gasteiger partial charge is 0.160 e. The van der Waals surface area contributed by atoms with Crippen molar-refractivity contribution >= 4 is 96.5 Å². The third-order valence-electron chi connectivity index (χ3n) is 18.6. The predicted molar refractivity (Wildman–Crippen MR) is 403 cm³/mol. The molecule has 15 aromatic carbocycles. The average Bonchev–Trinajstić information content (AvgIpc) is 1.57. The Hall–Kier alpha value is -12.5. The van der Waals surface area contributed by atoms with E-state index >= 15 is 0 Å². The highest BCUT2D eigenvalue weighted by molar-refractivity contribution is 7.26. The summed E-state index contributed by atoms with van der Waals surface area (Å²) < 4.78 is 9.23. The zero-order valence-corrected chi connectivity index (χ0v) is 52.8. The number of para-hydroxylation sites is 1. The molecule has 0 aliphatic rings. The van der Waals surface area contributed by atoms with Gasteiger partial charge in [0.05, 0.1) is 22.8 Å². The first-order chi connectivity index (χ1) is 47.6. The molecule has 0 amide bonds. The normalized spacial score (nSPS) is 11.5. The third-order valence-corrected chi connectivity index (χ3v) is 19.8. The molecule has 0 spiro atoms. The summed E-state index contributed by atoms with van der Waals surface area (Å²) in [4.78, 5) is 20.4. The van der Waals surface area contributed by atoms with Crippen molar-refractivity contribution in [2.75, 3.05) is 0 Å². The first-order valence-corrected chi connectivity index (χ1v) is 33.2. The lowest BCUT2D eigenvalue weighted by Gasteiger charge is -2.13. The first-order valence-electron chi connectivity index (χ1n) is 32.4. The van der Waals surface area contributed by atoms with Crippen LogP contribution in [0.2, 0.25) is 0 Å². The fraction of sp³-hybridized carbons (Fsp3) is 0. The number of furan rings is 1. The lowest BCUT2D eigenvalue weighted by atomic mass is 9.94. The number of hydrogen-bond donors (Lipinski definition) is 0. The largest absolute Gasteiger partial charge is 0.455 e. The van der Waals surface area contributed by atoms with Crippen molar-refractivity contribution in [2.24, 2.45) is 0 Å². The second kappa shape index (κ2) is 23.9. The van der Waals surface area contributed by atoms with E-state index in [0.29, 0.717) is 5.82 Å². The van der Waals surface area contributed by atoms with E-state index in [2.05, 4.69) is 267 Å². The number of hydrogen-bond acceptors (Lipinski definition) is 6. The Morgan fingerprint density at radius 3 is 1.20 bits per heavy atom. The number of aromatic nitrogens is 4. The molecule has 448 valence electrons. The number of rotatable bonds is 9. The van der Waals surface area contributed by atoms with Gasteiger partial charge in [0, 0.05) is 69.9 Å². The summed E-state index contributed by atoms with van der Waals surface area (Å²) >= 11 is 1.86. The van der Waals surface area contributed by atoms with Gasteiger partial charge in [-0.1, -0.05) is 297 Å². The van der Waals surface area contributed by atoms with Crippen LogP contribution in [0.1, 0.15) is 0 Å². The minimum absolute atomic E-state index is 0.689. The molecule has 4 aromatic heterocycles. The maximum absolute atomic E-state index is 6.69. The molecule has 0 unspecified atom stereocenters. The van der Waals surface area contributed by atoms with E-state index in [-0.39, 0.29) is 0 Å². The van der Waals surface area contributed by atoms with Gasteiger partial charge in [-0.2, -0.15) is 0 Å². The molecule has 0 aliphatic carbocycles. The molecule has 0 radical (unpaired) electrons. The minimum atomic E-state index is 0.689. The average molecular weight is 1240 g/mol. The topological polar surface area (TPSA) is 64.7 Å². The Labute approximate surface area is 558 Å². The Morgan fingerprint density at radius 1 is 0.229 bits per heavy atom. The van der Waals surface area contributed by atoms with E-state index in [0.717, 1.165) is 95.0 Å². The molecule has 96 heavy (non-hydrogen) atoms. The van der Waals surface area contributed by atoms with Gasteiger partial charge in [-0.15, -0.1) is 11.3 Å². The summed E-state index contributed by atoms with van der Waals surface area (Å²) in [5, 5.41) is 14.7. The van der Waals surface area contributed by atoms with Crippen molar-refractivity contribution in [3.63, 3.8) is 0 Å². The standard InChI is InChI=1S/C48H30N2O.C42H26N2S/c1-3-12-35(13-4-1)43-30-44(50-48(49-43)36-14-5-2-6-15-36)40-28-27-39(47-46(40)41-17-9-10-18-45(41)51-47)33-21-19-31(20-22-33)37-26-25-34-24-23-32-11-7-8-16-38(32)42(34)29-37;1-3-12-29(13-4-1)37-26-38(44-42(43-37)30-14-5-2-6-15-30)34-24-23-33(41-40(34)35-17-9-10-18-39(35)45-41)31-22-21-28-20-19-27-11-7-8-16-32(27)36(28)25-31/h1-30H;1-26H. The van der Waals surface area contributed by atoms with Gasteiger partial charge in [0.15, 0.2) is 11.6 Å². The lowest BCUT2D eigenvalue weighted by molar-refractivity contribution is 0.670. The molecule has 0 N–H and O–H groups in total. The Balaban J connectivity index is 0.000000141. The van der Waals surface area contributed by atoms with Crippen LogP contribution in [0, 0.1) is 0 Å². The maximum atomic E-state index is 6.69. The molecule has 0 saturated heterocycles. The monoisotopic (exact) mass is 1240 g/mol. The predicted octanol–water partition coefficient (Wildman–Crippen LogP) is 24.8. The third kappa shape index (κ3) is 10.2. The fourth-order valence-electron chi connectivity index (χ4n) is 13.8. The van der Waals surface area contributed by atoms with E-state index in [1.807, 2.05) is 84.1 Å². The van der Waals surface area contributed by atoms with Crippen LogP contribution in [0.4, 0.5) is 0 Å². The Kier molecular flexibility index (Phi) is 14.0. The Bertz CT molecular complexity index is 6070. The molecule has 19 rings (SSSR count). The lowest BCUT2D eigenvalue weighted by Crippen LogP contribution is -1.96. The molecule has 19 aromatic rings. The molecule has 0 fully saturated rings. The second-order valence-electron chi connectivity index (χ2n) is 24.3. The fourth-order valence-corrected chi connectivity index (χ4v) is 15.1. The number of thiophene rings is 1. The highest BCUT2D eigenvalue weighted by Gasteiger charge is 2.22. The van der Waals surface area contributed by atoms with E-state index in [4.69, 9.17) is 24.4 Å². The highest BCUT2D eigenvalue weighted by atomic mass is 32.1. The van der Waals surface area contributed by atoms with E-state index in [1.54, 1.807) is 0 Å². The van der Waals surface area contributed by atoms with Crippen molar-refractivity contribution in [3.8, 4) is 101 Å². The zero-order valence-electron chi connectivity index (χ0n) is 51.9. The van der Waals surface area contributed by atoms with E-state index in [9.17, 15) is 0 Å². The van der Waals surface area contributed by atoms with E-state index in [1.165, 1.54) is 85.5 Å². The molecule has 6 heteroatoms. The summed E-state index contributed by atoms with van der Waals surface area (Å²) in [7, 11) is 0. The van der Waals surface area contributed by atoms with Gasteiger partial charge in [-0.25, -0.2) is 19.9 Å². The van der Waals surface area contributed by atoms with Crippen LogP contribution < -0.4 is 0 Å². The molecule has 0 aliphatic heterocycles. The first kappa shape index (κ1) is 56.3. The number of fused-ring (bicyclic) bond motifs is 12. The molecule has 0 saturated carbocycles. The number of benzene rings is 15. The molecule has 4 heterocycles. The summed E-state index contributed by atoms with van der Waals surface area (Å²) in [5.41, 5.74) is 18.5. The van der Waals surface area contributed by atoms with Crippen molar-refractivity contribution in [3.05, 3.63) is 340 Å². The molecular weight excluding hydrogens is 1190 g/mol. The number of nitrogens with zero attached hydrogens (tertiary/aromatic N) is 4. The SMILES string of the molecule is c1ccc(-c2cc(-c3ccc(-c4ccc(-c5ccc6ccc7ccccc7c6c5)cc4)c4oc5ccccc5c34)nc(-c3ccccc3)n2)cc1.c1ccc(-c2cc(-c3ccc(-c4ccc5ccc6ccccc6c5c4)c4sc5ccccc5c34)nc(-c3ccccc3)n2)cc1. The van der Waals surface area contributed by atoms with Crippen LogP contribution in [0.3, 0.4) is 0 Å². The summed E-state index contributed by atoms with van der Waals surface area (Å²) in [5.74, 6) is 1.42. The van der Waals surface area contributed by atoms with Gasteiger partial charge < -0.3 is 4.42 Å². The van der Waals surface area contributed by atoms with Crippen molar-refractivity contribution < 1.29 is 4.42 Å². The van der Waals surface area contributed by atoms with Gasteiger partial charge >= 0.3 is 0 Å². The van der Waals surface area contributed by atoms with Gasteiger partial charge in [-0.05, 0) is 113 Å². The highest BCUT2D eigenvalue weighted by Crippen LogP contribution is 2.47. The van der Waals surface area contributed by atoms with Crippen LogP contribution in [0.15, 0.2) is 344 Å². The quantitative estimate of drug-likeness (QED) is 0.135. The van der Waals surface area contributed by atoms with Crippen molar-refractivity contribution in [2.45, 2.75) is 0 Å². The zero-order chi connectivity index (χ0) is 63.5. The van der Waals surface area contributed by atoms with Crippen LogP contribution in [0.5, 0.6) is 0 Å². The minimum Gasteiger partial charge on any atom is -0.455 e. The summed E-state index contributed by atoms with van der Waals surface area (Å²) in [6.07, 6.45) is 0. The molecule has 0 bridgehead atoms. The van der Waals surface area contributed by atoms with E-state index < -0.39 is 0 Å². The maximum Gasteiger partial charge on any atom is 0.160 e.